The zero-order chi connectivity index (χ0) is 23.4. The third-order valence-corrected chi connectivity index (χ3v) is 6.41. The number of halogens is 1. The van der Waals surface area contributed by atoms with E-state index in [-0.39, 0.29) is 11.7 Å². The van der Waals surface area contributed by atoms with Gasteiger partial charge in [0, 0.05) is 7.05 Å². The lowest BCUT2D eigenvalue weighted by Gasteiger charge is -2.18. The van der Waals surface area contributed by atoms with Gasteiger partial charge in [-0.3, -0.25) is 4.79 Å². The highest BCUT2D eigenvalue weighted by atomic mass is 32.2. The molecule has 0 aliphatic carbocycles. The molecule has 168 valence electrons. The van der Waals surface area contributed by atoms with Crippen LogP contribution in [0.4, 0.5) is 10.1 Å². The molecular formula is C25H23FN4O2S. The number of carbonyl (C=O) groups is 1. The van der Waals surface area contributed by atoms with E-state index in [1.54, 1.807) is 36.9 Å². The van der Waals surface area contributed by atoms with Gasteiger partial charge >= 0.3 is 0 Å². The highest BCUT2D eigenvalue weighted by Crippen LogP contribution is 2.37. The van der Waals surface area contributed by atoms with Crippen molar-refractivity contribution in [2.45, 2.75) is 17.3 Å². The number of anilines is 1. The normalized spacial score (nSPS) is 11.8. The predicted octanol–water partition coefficient (Wildman–Crippen LogP) is 5.41. The summed E-state index contributed by atoms with van der Waals surface area (Å²) in [7, 11) is 3.32. The number of ether oxygens (including phenoxy) is 1. The van der Waals surface area contributed by atoms with Crippen molar-refractivity contribution in [2.24, 2.45) is 7.05 Å². The molecule has 1 amide bonds. The number of methoxy groups -OCH3 is 1. The zero-order valence-corrected chi connectivity index (χ0v) is 19.3. The number of rotatable bonds is 7. The van der Waals surface area contributed by atoms with Gasteiger partial charge in [0.15, 0.2) is 11.0 Å². The van der Waals surface area contributed by atoms with Crippen LogP contribution in [0.15, 0.2) is 78.0 Å². The largest absolute Gasteiger partial charge is 0.495 e. The van der Waals surface area contributed by atoms with Gasteiger partial charge in [-0.2, -0.15) is 0 Å². The minimum absolute atomic E-state index is 0.231. The average Bonchev–Trinajstić information content (AvgIpc) is 3.18. The lowest BCUT2D eigenvalue weighted by Crippen LogP contribution is -2.20. The Morgan fingerprint density at radius 3 is 2.52 bits per heavy atom. The molecule has 0 bridgehead atoms. The Hall–Kier alpha value is -3.65. The minimum atomic E-state index is -0.618. The molecule has 8 heteroatoms. The SMILES string of the molecule is COc1ccc(C)cc1NC(=O)C(Sc1nnc(-c2ccccc2F)n1C)c1ccccc1. The lowest BCUT2D eigenvalue weighted by atomic mass is 10.1. The number of hydrogen-bond acceptors (Lipinski definition) is 5. The first-order chi connectivity index (χ1) is 16.0. The molecular weight excluding hydrogens is 439 g/mol. The first-order valence-electron chi connectivity index (χ1n) is 10.3. The van der Waals surface area contributed by atoms with Gasteiger partial charge in [-0.25, -0.2) is 4.39 Å². The molecule has 0 radical (unpaired) electrons. The number of thioether (sulfide) groups is 1. The van der Waals surface area contributed by atoms with Crippen molar-refractivity contribution in [3.63, 3.8) is 0 Å². The van der Waals surface area contributed by atoms with Crippen LogP contribution in [0, 0.1) is 12.7 Å². The van der Waals surface area contributed by atoms with E-state index in [0.29, 0.717) is 28.0 Å². The van der Waals surface area contributed by atoms with Crippen LogP contribution in [0.5, 0.6) is 5.75 Å². The molecule has 33 heavy (non-hydrogen) atoms. The highest BCUT2D eigenvalue weighted by molar-refractivity contribution is 8.00. The van der Waals surface area contributed by atoms with E-state index in [1.165, 1.54) is 17.8 Å². The summed E-state index contributed by atoms with van der Waals surface area (Å²) in [6, 6.07) is 21.4. The Morgan fingerprint density at radius 2 is 1.79 bits per heavy atom. The quantitative estimate of drug-likeness (QED) is 0.372. The van der Waals surface area contributed by atoms with Crippen LogP contribution in [0.3, 0.4) is 0 Å². The van der Waals surface area contributed by atoms with E-state index in [4.69, 9.17) is 4.74 Å². The average molecular weight is 463 g/mol. The number of aromatic nitrogens is 3. The Kier molecular flexibility index (Phi) is 6.74. The van der Waals surface area contributed by atoms with E-state index in [0.717, 1.165) is 11.1 Å². The molecule has 0 saturated heterocycles. The fourth-order valence-corrected chi connectivity index (χ4v) is 4.42. The van der Waals surface area contributed by atoms with E-state index < -0.39 is 5.25 Å². The standard InChI is InChI=1S/C25H23FN4O2S/c1-16-13-14-21(32-3)20(15-16)27-24(31)22(17-9-5-4-6-10-17)33-25-29-28-23(30(25)2)18-11-7-8-12-19(18)26/h4-15,22H,1-3H3,(H,27,31). The molecule has 0 spiro atoms. The molecule has 4 rings (SSSR count). The summed E-state index contributed by atoms with van der Waals surface area (Å²) in [6.45, 7) is 1.95. The van der Waals surface area contributed by atoms with Crippen molar-refractivity contribution in [1.82, 2.24) is 14.8 Å². The van der Waals surface area contributed by atoms with E-state index in [9.17, 15) is 9.18 Å². The molecule has 0 aliphatic rings. The maximum atomic E-state index is 14.3. The van der Waals surface area contributed by atoms with Gasteiger partial charge in [0.1, 0.15) is 16.8 Å². The van der Waals surface area contributed by atoms with Crippen LogP contribution in [-0.2, 0) is 11.8 Å². The van der Waals surface area contributed by atoms with Crippen LogP contribution in [0.2, 0.25) is 0 Å². The van der Waals surface area contributed by atoms with Crippen LogP contribution in [-0.4, -0.2) is 27.8 Å². The van der Waals surface area contributed by atoms with Gasteiger partial charge in [0.25, 0.3) is 0 Å². The summed E-state index contributed by atoms with van der Waals surface area (Å²) in [4.78, 5) is 13.4. The van der Waals surface area contributed by atoms with E-state index in [1.807, 2.05) is 55.5 Å². The van der Waals surface area contributed by atoms with E-state index >= 15 is 0 Å². The molecule has 1 atom stereocenters. The molecule has 1 heterocycles. The summed E-state index contributed by atoms with van der Waals surface area (Å²) >= 11 is 1.25. The predicted molar refractivity (Wildman–Crippen MR) is 128 cm³/mol. The Balaban J connectivity index is 1.67. The molecule has 1 N–H and O–H groups in total. The summed E-state index contributed by atoms with van der Waals surface area (Å²) in [5.41, 5.74) is 2.75. The van der Waals surface area contributed by atoms with Crippen molar-refractivity contribution < 1.29 is 13.9 Å². The number of benzene rings is 3. The molecule has 0 saturated carbocycles. The molecule has 4 aromatic rings. The molecule has 6 nitrogen and oxygen atoms in total. The number of carbonyl (C=O) groups excluding carboxylic acids is 1. The second-order valence-corrected chi connectivity index (χ2v) is 8.52. The highest BCUT2D eigenvalue weighted by Gasteiger charge is 2.26. The van der Waals surface area contributed by atoms with Gasteiger partial charge < -0.3 is 14.6 Å². The van der Waals surface area contributed by atoms with Gasteiger partial charge in [-0.05, 0) is 42.3 Å². The van der Waals surface area contributed by atoms with Crippen molar-refractivity contribution in [1.29, 1.82) is 0 Å². The number of hydrogen-bond donors (Lipinski definition) is 1. The number of nitrogens with zero attached hydrogens (tertiary/aromatic N) is 3. The Labute approximate surface area is 195 Å². The van der Waals surface area contributed by atoms with Crippen LogP contribution in [0.25, 0.3) is 11.4 Å². The maximum Gasteiger partial charge on any atom is 0.242 e. The minimum Gasteiger partial charge on any atom is -0.495 e. The van der Waals surface area contributed by atoms with Gasteiger partial charge in [0.05, 0.1) is 18.4 Å². The maximum absolute atomic E-state index is 14.3. The monoisotopic (exact) mass is 462 g/mol. The third kappa shape index (κ3) is 4.90. The van der Waals surface area contributed by atoms with Gasteiger partial charge in [0.2, 0.25) is 5.91 Å². The fraction of sp³-hybridized carbons (Fsp3) is 0.160. The summed E-state index contributed by atoms with van der Waals surface area (Å²) in [5.74, 6) is 0.355. The summed E-state index contributed by atoms with van der Waals surface area (Å²) in [6.07, 6.45) is 0. The molecule has 1 unspecified atom stereocenters. The molecule has 0 aliphatic heterocycles. The molecule has 0 fully saturated rings. The number of amides is 1. The second-order valence-electron chi connectivity index (χ2n) is 7.45. The van der Waals surface area contributed by atoms with Gasteiger partial charge in [-0.1, -0.05) is 60.3 Å². The number of nitrogens with one attached hydrogen (secondary N) is 1. The number of aryl methyl sites for hydroxylation is 1. The first-order valence-corrected chi connectivity index (χ1v) is 11.2. The van der Waals surface area contributed by atoms with Gasteiger partial charge in [-0.15, -0.1) is 10.2 Å². The zero-order valence-electron chi connectivity index (χ0n) is 18.4. The molecule has 3 aromatic carbocycles. The second kappa shape index (κ2) is 9.87. The van der Waals surface area contributed by atoms with Crippen molar-refractivity contribution in [3.8, 4) is 17.1 Å². The Bertz CT molecular complexity index is 1280. The van der Waals surface area contributed by atoms with Crippen LogP contribution >= 0.6 is 11.8 Å². The summed E-state index contributed by atoms with van der Waals surface area (Å²) < 4.78 is 21.4. The lowest BCUT2D eigenvalue weighted by molar-refractivity contribution is -0.115. The summed E-state index contributed by atoms with van der Waals surface area (Å²) in [5, 5.41) is 11.3. The molecule has 1 aromatic heterocycles. The topological polar surface area (TPSA) is 69.0 Å². The fourth-order valence-electron chi connectivity index (χ4n) is 3.42. The van der Waals surface area contributed by atoms with Crippen LogP contribution < -0.4 is 10.1 Å². The third-order valence-electron chi connectivity index (χ3n) is 5.13. The first kappa shape index (κ1) is 22.5. The van der Waals surface area contributed by atoms with Crippen LogP contribution in [0.1, 0.15) is 16.4 Å². The smallest absolute Gasteiger partial charge is 0.242 e. The van der Waals surface area contributed by atoms with Crippen molar-refractivity contribution in [3.05, 3.63) is 89.7 Å². The van der Waals surface area contributed by atoms with E-state index in [2.05, 4.69) is 15.5 Å². The van der Waals surface area contributed by atoms with Crippen molar-refractivity contribution in [2.75, 3.05) is 12.4 Å². The Morgan fingerprint density at radius 1 is 1.06 bits per heavy atom. The van der Waals surface area contributed by atoms with Crippen molar-refractivity contribution >= 4 is 23.4 Å².